The van der Waals surface area contributed by atoms with Crippen molar-refractivity contribution in [2.75, 3.05) is 19.8 Å². The molecule has 2 saturated carbocycles. The fraction of sp³-hybridized carbons (Fsp3) is 0.789. The Bertz CT molecular complexity index is 596. The second-order valence-corrected chi connectivity index (χ2v) is 7.85. The lowest BCUT2D eigenvalue weighted by Crippen LogP contribution is -2.53. The molecule has 1 saturated heterocycles. The minimum absolute atomic E-state index is 0.0225. The summed E-state index contributed by atoms with van der Waals surface area (Å²) in [6, 6.07) is 1.92. The molecule has 2 aliphatic carbocycles. The summed E-state index contributed by atoms with van der Waals surface area (Å²) in [6.07, 6.45) is 8.71. The molecule has 2 heterocycles. The smallest absolute Gasteiger partial charge is 0.274 e. The standard InChI is InChI=1S/C19H29N3O3/c23-18-8-4-7-14(18)17-12-25-10-9-22(17)19(24)16-11-15(20-21-16)13-5-2-1-3-6-13/h11,13-14,17-18,23H,1-10,12H2,(H,20,21). The van der Waals surface area contributed by atoms with Gasteiger partial charge in [-0.25, -0.2) is 0 Å². The third-order valence-corrected chi connectivity index (χ3v) is 6.31. The molecule has 2 N–H and O–H groups in total. The number of carbonyl (C=O) groups excluding carboxylic acids is 1. The van der Waals surface area contributed by atoms with Crippen molar-refractivity contribution in [3.63, 3.8) is 0 Å². The maximum absolute atomic E-state index is 13.1. The van der Waals surface area contributed by atoms with Gasteiger partial charge in [0.1, 0.15) is 5.69 Å². The fourth-order valence-corrected chi connectivity index (χ4v) is 4.86. The van der Waals surface area contributed by atoms with Crippen LogP contribution >= 0.6 is 0 Å². The van der Waals surface area contributed by atoms with Crippen LogP contribution in [-0.2, 0) is 4.74 Å². The molecule has 138 valence electrons. The highest BCUT2D eigenvalue weighted by atomic mass is 16.5. The summed E-state index contributed by atoms with van der Waals surface area (Å²) in [4.78, 5) is 15.0. The van der Waals surface area contributed by atoms with E-state index in [0.29, 0.717) is 31.4 Å². The molecule has 25 heavy (non-hydrogen) atoms. The molecule has 0 aromatic carbocycles. The molecular weight excluding hydrogens is 318 g/mol. The summed E-state index contributed by atoms with van der Waals surface area (Å²) in [5.41, 5.74) is 1.62. The lowest BCUT2D eigenvalue weighted by Gasteiger charge is -2.39. The van der Waals surface area contributed by atoms with Crippen LogP contribution in [0.25, 0.3) is 0 Å². The Hall–Kier alpha value is -1.40. The summed E-state index contributed by atoms with van der Waals surface area (Å²) in [6.45, 7) is 1.66. The predicted octanol–water partition coefficient (Wildman–Crippen LogP) is 2.46. The molecule has 3 aliphatic rings. The maximum atomic E-state index is 13.1. The number of aliphatic hydroxyl groups excluding tert-OH is 1. The van der Waals surface area contributed by atoms with Crippen molar-refractivity contribution < 1.29 is 14.6 Å². The Balaban J connectivity index is 1.49. The van der Waals surface area contributed by atoms with E-state index in [9.17, 15) is 9.90 Å². The number of nitrogens with zero attached hydrogens (tertiary/aromatic N) is 2. The molecule has 6 heteroatoms. The quantitative estimate of drug-likeness (QED) is 0.880. The van der Waals surface area contributed by atoms with Crippen molar-refractivity contribution in [1.29, 1.82) is 0 Å². The number of H-pyrrole nitrogens is 1. The second kappa shape index (κ2) is 7.46. The van der Waals surface area contributed by atoms with E-state index in [4.69, 9.17) is 4.74 Å². The molecule has 1 amide bonds. The molecule has 0 spiro atoms. The molecule has 3 fully saturated rings. The highest BCUT2D eigenvalue weighted by Gasteiger charge is 2.40. The van der Waals surface area contributed by atoms with Gasteiger partial charge in [-0.15, -0.1) is 0 Å². The van der Waals surface area contributed by atoms with Crippen molar-refractivity contribution in [2.24, 2.45) is 5.92 Å². The third-order valence-electron chi connectivity index (χ3n) is 6.31. The summed E-state index contributed by atoms with van der Waals surface area (Å²) in [7, 11) is 0. The number of nitrogens with one attached hydrogen (secondary N) is 1. The Morgan fingerprint density at radius 2 is 2.04 bits per heavy atom. The Morgan fingerprint density at radius 1 is 1.20 bits per heavy atom. The van der Waals surface area contributed by atoms with Crippen molar-refractivity contribution in [3.05, 3.63) is 17.5 Å². The number of carbonyl (C=O) groups is 1. The molecule has 4 rings (SSSR count). The highest BCUT2D eigenvalue weighted by Crippen LogP contribution is 2.34. The first kappa shape index (κ1) is 17.0. The predicted molar refractivity (Wildman–Crippen MR) is 93.4 cm³/mol. The average molecular weight is 347 g/mol. The third kappa shape index (κ3) is 3.47. The summed E-state index contributed by atoms with van der Waals surface area (Å²) in [5.74, 6) is 0.617. The molecule has 3 unspecified atom stereocenters. The van der Waals surface area contributed by atoms with Crippen LogP contribution in [0.2, 0.25) is 0 Å². The minimum Gasteiger partial charge on any atom is -0.393 e. The van der Waals surface area contributed by atoms with Gasteiger partial charge < -0.3 is 14.7 Å². The first-order chi connectivity index (χ1) is 12.2. The number of amides is 1. The topological polar surface area (TPSA) is 78.5 Å². The van der Waals surface area contributed by atoms with Gasteiger partial charge in [-0.2, -0.15) is 5.10 Å². The van der Waals surface area contributed by atoms with Gasteiger partial charge >= 0.3 is 0 Å². The second-order valence-electron chi connectivity index (χ2n) is 7.85. The number of hydrogen-bond donors (Lipinski definition) is 2. The molecule has 0 bridgehead atoms. The molecule has 6 nitrogen and oxygen atoms in total. The number of morpholine rings is 1. The van der Waals surface area contributed by atoms with Crippen LogP contribution < -0.4 is 0 Å². The summed E-state index contributed by atoms with van der Waals surface area (Å²) < 4.78 is 5.63. The summed E-state index contributed by atoms with van der Waals surface area (Å²) >= 11 is 0. The molecule has 0 radical (unpaired) electrons. The zero-order chi connectivity index (χ0) is 17.2. The van der Waals surface area contributed by atoms with Crippen LogP contribution in [0.4, 0.5) is 0 Å². The SMILES string of the molecule is O=C(c1cc(C2CCCCC2)[nH]n1)N1CCOCC1C1CCCC1O. The number of hydrogen-bond acceptors (Lipinski definition) is 4. The first-order valence-electron chi connectivity index (χ1n) is 9.86. The maximum Gasteiger partial charge on any atom is 0.274 e. The minimum atomic E-state index is -0.320. The van der Waals surface area contributed by atoms with E-state index < -0.39 is 0 Å². The van der Waals surface area contributed by atoms with E-state index in [-0.39, 0.29) is 24.0 Å². The van der Waals surface area contributed by atoms with Crippen molar-refractivity contribution in [2.45, 2.75) is 69.4 Å². The number of aromatic amines is 1. The van der Waals surface area contributed by atoms with Crippen molar-refractivity contribution in [3.8, 4) is 0 Å². The van der Waals surface area contributed by atoms with E-state index in [0.717, 1.165) is 25.0 Å². The highest BCUT2D eigenvalue weighted by molar-refractivity contribution is 5.92. The Labute approximate surface area is 148 Å². The molecule has 1 aromatic heterocycles. The monoisotopic (exact) mass is 347 g/mol. The largest absolute Gasteiger partial charge is 0.393 e. The van der Waals surface area contributed by atoms with E-state index in [1.54, 1.807) is 0 Å². The Kier molecular flexibility index (Phi) is 5.08. The zero-order valence-electron chi connectivity index (χ0n) is 14.8. The van der Waals surface area contributed by atoms with Gasteiger partial charge in [0.05, 0.1) is 25.4 Å². The van der Waals surface area contributed by atoms with Gasteiger partial charge in [-0.1, -0.05) is 25.7 Å². The lowest BCUT2D eigenvalue weighted by molar-refractivity contribution is -0.0385. The molecule has 1 aliphatic heterocycles. The number of ether oxygens (including phenoxy) is 1. The average Bonchev–Trinajstić information content (AvgIpc) is 3.31. The normalized spacial score (nSPS) is 31.4. The van der Waals surface area contributed by atoms with Crippen LogP contribution in [0.3, 0.4) is 0 Å². The number of rotatable bonds is 3. The van der Waals surface area contributed by atoms with E-state index >= 15 is 0 Å². The lowest BCUT2D eigenvalue weighted by atomic mass is 9.87. The molecule has 3 atom stereocenters. The van der Waals surface area contributed by atoms with Crippen LogP contribution in [-0.4, -0.2) is 58.0 Å². The van der Waals surface area contributed by atoms with E-state index in [1.807, 2.05) is 11.0 Å². The van der Waals surface area contributed by atoms with E-state index in [2.05, 4.69) is 10.2 Å². The number of aliphatic hydroxyl groups is 1. The molecular formula is C19H29N3O3. The first-order valence-corrected chi connectivity index (χ1v) is 9.86. The van der Waals surface area contributed by atoms with Gasteiger partial charge in [-0.3, -0.25) is 9.89 Å². The van der Waals surface area contributed by atoms with Crippen LogP contribution in [0.5, 0.6) is 0 Å². The Morgan fingerprint density at radius 3 is 2.80 bits per heavy atom. The zero-order valence-corrected chi connectivity index (χ0v) is 14.8. The van der Waals surface area contributed by atoms with Crippen molar-refractivity contribution in [1.82, 2.24) is 15.1 Å². The van der Waals surface area contributed by atoms with Crippen LogP contribution in [0.15, 0.2) is 6.07 Å². The summed E-state index contributed by atoms with van der Waals surface area (Å²) in [5, 5.41) is 17.7. The van der Waals surface area contributed by atoms with Gasteiger partial charge in [0.25, 0.3) is 5.91 Å². The van der Waals surface area contributed by atoms with Crippen LogP contribution in [0, 0.1) is 5.92 Å². The molecule has 1 aromatic rings. The van der Waals surface area contributed by atoms with E-state index in [1.165, 1.54) is 32.1 Å². The fourth-order valence-electron chi connectivity index (χ4n) is 4.86. The van der Waals surface area contributed by atoms with Crippen molar-refractivity contribution >= 4 is 5.91 Å². The van der Waals surface area contributed by atoms with Crippen LogP contribution in [0.1, 0.15) is 73.5 Å². The number of aromatic nitrogens is 2. The van der Waals surface area contributed by atoms with Gasteiger partial charge in [0.15, 0.2) is 0 Å². The van der Waals surface area contributed by atoms with Gasteiger partial charge in [0, 0.05) is 24.1 Å². The van der Waals surface area contributed by atoms with Gasteiger partial charge in [-0.05, 0) is 31.7 Å². The van der Waals surface area contributed by atoms with Gasteiger partial charge in [0.2, 0.25) is 0 Å².